The molecular weight excluding hydrogens is 286 g/mol. The number of nitro groups is 1. The molecule has 0 spiro atoms. The summed E-state index contributed by atoms with van der Waals surface area (Å²) in [6.07, 6.45) is 0. The summed E-state index contributed by atoms with van der Waals surface area (Å²) in [4.78, 5) is 10.1. The standard InChI is InChI=1S/C11H10BrN3O2/c1-7-11(12)8(2)14(13-7)9-3-5-10(6-4-9)15(16)17/h3-6H,1-2H3. The fourth-order valence-electron chi connectivity index (χ4n) is 1.59. The van der Waals surface area contributed by atoms with Crippen LogP contribution in [0.25, 0.3) is 5.69 Å². The number of aromatic nitrogens is 2. The predicted molar refractivity (Wildman–Crippen MR) is 67.4 cm³/mol. The smallest absolute Gasteiger partial charge is 0.258 e. The van der Waals surface area contributed by atoms with E-state index in [1.165, 1.54) is 12.1 Å². The van der Waals surface area contributed by atoms with Crippen molar-refractivity contribution in [3.63, 3.8) is 0 Å². The van der Waals surface area contributed by atoms with E-state index in [0.29, 0.717) is 0 Å². The first-order valence-electron chi connectivity index (χ1n) is 4.97. The van der Waals surface area contributed by atoms with Gasteiger partial charge in [0.25, 0.3) is 5.69 Å². The maximum Gasteiger partial charge on any atom is 0.269 e. The second kappa shape index (κ2) is 4.29. The highest BCUT2D eigenvalue weighted by atomic mass is 79.9. The van der Waals surface area contributed by atoms with Crippen LogP contribution >= 0.6 is 15.9 Å². The molecule has 1 aromatic carbocycles. The molecule has 0 saturated carbocycles. The third-order valence-corrected chi connectivity index (χ3v) is 3.66. The second-order valence-electron chi connectivity index (χ2n) is 3.67. The van der Waals surface area contributed by atoms with Gasteiger partial charge in [-0.2, -0.15) is 5.10 Å². The second-order valence-corrected chi connectivity index (χ2v) is 4.46. The molecule has 6 heteroatoms. The molecule has 1 aromatic heterocycles. The van der Waals surface area contributed by atoms with E-state index in [2.05, 4.69) is 21.0 Å². The average molecular weight is 296 g/mol. The van der Waals surface area contributed by atoms with Crippen molar-refractivity contribution in [1.29, 1.82) is 0 Å². The molecule has 0 saturated heterocycles. The Bertz CT molecular complexity index is 575. The van der Waals surface area contributed by atoms with E-state index in [1.54, 1.807) is 16.8 Å². The molecular formula is C11H10BrN3O2. The van der Waals surface area contributed by atoms with Crippen molar-refractivity contribution in [3.8, 4) is 5.69 Å². The lowest BCUT2D eigenvalue weighted by atomic mass is 10.3. The Hall–Kier alpha value is -1.69. The van der Waals surface area contributed by atoms with E-state index in [1.807, 2.05) is 13.8 Å². The van der Waals surface area contributed by atoms with E-state index in [-0.39, 0.29) is 5.69 Å². The number of hydrogen-bond donors (Lipinski definition) is 0. The maximum atomic E-state index is 10.5. The highest BCUT2D eigenvalue weighted by Gasteiger charge is 2.11. The third kappa shape index (κ3) is 2.08. The zero-order valence-electron chi connectivity index (χ0n) is 9.35. The van der Waals surface area contributed by atoms with Crippen LogP contribution in [-0.2, 0) is 0 Å². The summed E-state index contributed by atoms with van der Waals surface area (Å²) >= 11 is 3.44. The largest absolute Gasteiger partial charge is 0.269 e. The first-order valence-corrected chi connectivity index (χ1v) is 5.76. The van der Waals surface area contributed by atoms with Crippen LogP contribution in [-0.4, -0.2) is 14.7 Å². The molecule has 0 unspecified atom stereocenters. The fraction of sp³-hybridized carbons (Fsp3) is 0.182. The predicted octanol–water partition coefficient (Wildman–Crippen LogP) is 3.16. The SMILES string of the molecule is Cc1nn(-c2ccc([N+](=O)[O-])cc2)c(C)c1Br. The van der Waals surface area contributed by atoms with Crippen LogP contribution in [0, 0.1) is 24.0 Å². The zero-order chi connectivity index (χ0) is 12.6. The van der Waals surface area contributed by atoms with Crippen LogP contribution < -0.4 is 0 Å². The topological polar surface area (TPSA) is 61.0 Å². The monoisotopic (exact) mass is 295 g/mol. The number of hydrogen-bond acceptors (Lipinski definition) is 3. The van der Waals surface area contributed by atoms with Crippen molar-refractivity contribution >= 4 is 21.6 Å². The van der Waals surface area contributed by atoms with Gasteiger partial charge in [0, 0.05) is 12.1 Å². The summed E-state index contributed by atoms with van der Waals surface area (Å²) < 4.78 is 2.71. The first-order chi connectivity index (χ1) is 8.00. The molecule has 0 aliphatic rings. The molecule has 0 fully saturated rings. The van der Waals surface area contributed by atoms with Crippen molar-refractivity contribution in [2.45, 2.75) is 13.8 Å². The van der Waals surface area contributed by atoms with Gasteiger partial charge in [0.05, 0.1) is 26.5 Å². The van der Waals surface area contributed by atoms with Crippen molar-refractivity contribution < 1.29 is 4.92 Å². The number of non-ortho nitro benzene ring substituents is 1. The summed E-state index contributed by atoms with van der Waals surface area (Å²) in [7, 11) is 0. The van der Waals surface area contributed by atoms with Gasteiger partial charge in [-0.1, -0.05) is 0 Å². The molecule has 0 aliphatic carbocycles. The summed E-state index contributed by atoms with van der Waals surface area (Å²) in [5, 5.41) is 14.9. The highest BCUT2D eigenvalue weighted by molar-refractivity contribution is 9.10. The Labute approximate surface area is 106 Å². The Kier molecular flexibility index (Phi) is 2.97. The van der Waals surface area contributed by atoms with E-state index in [0.717, 1.165) is 21.5 Å². The Morgan fingerprint density at radius 3 is 2.29 bits per heavy atom. The molecule has 0 bridgehead atoms. The van der Waals surface area contributed by atoms with Gasteiger partial charge in [-0.15, -0.1) is 0 Å². The van der Waals surface area contributed by atoms with Crippen LogP contribution in [0.15, 0.2) is 28.7 Å². The van der Waals surface area contributed by atoms with E-state index >= 15 is 0 Å². The van der Waals surface area contributed by atoms with E-state index in [9.17, 15) is 10.1 Å². The number of nitro benzene ring substituents is 1. The first kappa shape index (κ1) is 11.8. The van der Waals surface area contributed by atoms with Crippen LogP contribution in [0.4, 0.5) is 5.69 Å². The van der Waals surface area contributed by atoms with Gasteiger partial charge < -0.3 is 0 Å². The Morgan fingerprint density at radius 1 is 1.29 bits per heavy atom. The highest BCUT2D eigenvalue weighted by Crippen LogP contribution is 2.23. The molecule has 0 radical (unpaired) electrons. The molecule has 2 rings (SSSR count). The minimum Gasteiger partial charge on any atom is -0.258 e. The van der Waals surface area contributed by atoms with Crippen molar-refractivity contribution in [2.75, 3.05) is 0 Å². The quantitative estimate of drug-likeness (QED) is 0.631. The van der Waals surface area contributed by atoms with Crippen LogP contribution in [0.1, 0.15) is 11.4 Å². The maximum absolute atomic E-state index is 10.5. The van der Waals surface area contributed by atoms with Gasteiger partial charge in [0.15, 0.2) is 0 Å². The minimum atomic E-state index is -0.416. The molecule has 5 nitrogen and oxygen atoms in total. The van der Waals surface area contributed by atoms with Crippen molar-refractivity contribution in [1.82, 2.24) is 9.78 Å². The molecule has 17 heavy (non-hydrogen) atoms. The normalized spacial score (nSPS) is 10.5. The molecule has 2 aromatic rings. The summed E-state index contributed by atoms with van der Waals surface area (Å²) in [5.41, 5.74) is 2.74. The van der Waals surface area contributed by atoms with Crippen LogP contribution in [0.2, 0.25) is 0 Å². The third-order valence-electron chi connectivity index (χ3n) is 2.51. The van der Waals surface area contributed by atoms with Gasteiger partial charge in [0.2, 0.25) is 0 Å². The van der Waals surface area contributed by atoms with Gasteiger partial charge in [-0.05, 0) is 41.9 Å². The van der Waals surface area contributed by atoms with Gasteiger partial charge >= 0.3 is 0 Å². The van der Waals surface area contributed by atoms with Crippen LogP contribution in [0.5, 0.6) is 0 Å². The number of halogens is 1. The molecule has 1 heterocycles. The van der Waals surface area contributed by atoms with Crippen LogP contribution in [0.3, 0.4) is 0 Å². The van der Waals surface area contributed by atoms with Gasteiger partial charge in [-0.3, -0.25) is 10.1 Å². The lowest BCUT2D eigenvalue weighted by Gasteiger charge is -2.03. The molecule has 0 atom stereocenters. The van der Waals surface area contributed by atoms with E-state index < -0.39 is 4.92 Å². The number of aryl methyl sites for hydroxylation is 1. The minimum absolute atomic E-state index is 0.0781. The Balaban J connectivity index is 2.47. The van der Waals surface area contributed by atoms with Gasteiger partial charge in [0.1, 0.15) is 0 Å². The molecule has 0 aliphatic heterocycles. The van der Waals surface area contributed by atoms with Gasteiger partial charge in [-0.25, -0.2) is 4.68 Å². The number of rotatable bonds is 2. The lowest BCUT2D eigenvalue weighted by molar-refractivity contribution is -0.384. The average Bonchev–Trinajstić information content (AvgIpc) is 2.57. The lowest BCUT2D eigenvalue weighted by Crippen LogP contribution is -1.99. The Morgan fingerprint density at radius 2 is 1.88 bits per heavy atom. The van der Waals surface area contributed by atoms with Crippen molar-refractivity contribution in [3.05, 3.63) is 50.2 Å². The number of nitrogens with zero attached hydrogens (tertiary/aromatic N) is 3. The summed E-state index contributed by atoms with van der Waals surface area (Å²) in [6.45, 7) is 3.84. The van der Waals surface area contributed by atoms with Crippen molar-refractivity contribution in [2.24, 2.45) is 0 Å². The number of benzene rings is 1. The van der Waals surface area contributed by atoms with E-state index in [4.69, 9.17) is 0 Å². The molecule has 0 amide bonds. The fourth-order valence-corrected chi connectivity index (χ4v) is 1.84. The summed E-state index contributed by atoms with van der Waals surface area (Å²) in [5.74, 6) is 0. The zero-order valence-corrected chi connectivity index (χ0v) is 10.9. The molecule has 88 valence electrons. The summed E-state index contributed by atoms with van der Waals surface area (Å²) in [6, 6.07) is 6.31. The molecule has 0 N–H and O–H groups in total.